The van der Waals surface area contributed by atoms with Crippen LogP contribution in [0.15, 0.2) is 22.8 Å². The van der Waals surface area contributed by atoms with E-state index in [4.69, 9.17) is 0 Å². The fourth-order valence-electron chi connectivity index (χ4n) is 7.12. The van der Waals surface area contributed by atoms with Gasteiger partial charge in [-0.25, -0.2) is 0 Å². The van der Waals surface area contributed by atoms with E-state index >= 15 is 0 Å². The van der Waals surface area contributed by atoms with Gasteiger partial charge in [0, 0.05) is 0 Å². The molecule has 4 nitrogen and oxygen atoms in total. The zero-order valence-electron chi connectivity index (χ0n) is 20.2. The maximum Gasteiger partial charge on any atom is 0.0681 e. The highest BCUT2D eigenvalue weighted by molar-refractivity contribution is 5.34. The molecule has 0 unspecified atom stereocenters. The van der Waals surface area contributed by atoms with Crippen LogP contribution in [0.2, 0.25) is 0 Å². The van der Waals surface area contributed by atoms with Gasteiger partial charge in [-0.05, 0) is 100 Å². The van der Waals surface area contributed by atoms with Crippen LogP contribution in [0.5, 0.6) is 0 Å². The Morgan fingerprint density at radius 2 is 1.87 bits per heavy atom. The summed E-state index contributed by atoms with van der Waals surface area (Å²) in [6.45, 7) is 8.69. The Morgan fingerprint density at radius 1 is 1.19 bits per heavy atom. The molecule has 0 aromatic heterocycles. The predicted octanol–water partition coefficient (Wildman–Crippen LogP) is 4.90. The van der Waals surface area contributed by atoms with E-state index < -0.39 is 17.8 Å². The normalized spacial score (nSPS) is 36.5. The average Bonchev–Trinajstić information content (AvgIpc) is 3.02. The van der Waals surface area contributed by atoms with Crippen molar-refractivity contribution in [2.45, 2.75) is 116 Å². The Balaban J connectivity index is 1.75. The lowest BCUT2D eigenvalue weighted by atomic mass is 9.60. The lowest BCUT2D eigenvalue weighted by molar-refractivity contribution is 0.0587. The minimum atomic E-state index is -0.572. The van der Waals surface area contributed by atoms with Gasteiger partial charge in [0.15, 0.2) is 0 Å². The summed E-state index contributed by atoms with van der Waals surface area (Å²) in [7, 11) is 0. The summed E-state index contributed by atoms with van der Waals surface area (Å²) < 4.78 is 0. The van der Waals surface area contributed by atoms with Crippen molar-refractivity contribution in [2.24, 2.45) is 23.2 Å². The van der Waals surface area contributed by atoms with E-state index in [1.54, 1.807) is 0 Å². The van der Waals surface area contributed by atoms with Crippen LogP contribution in [-0.2, 0) is 0 Å². The Morgan fingerprint density at radius 3 is 2.48 bits per heavy atom. The summed E-state index contributed by atoms with van der Waals surface area (Å²) >= 11 is 0. The lowest BCUT2D eigenvalue weighted by Gasteiger charge is -2.44. The molecule has 4 N–H and O–H groups in total. The van der Waals surface area contributed by atoms with Crippen molar-refractivity contribution in [1.82, 2.24) is 0 Å². The second-order valence-corrected chi connectivity index (χ2v) is 11.7. The lowest BCUT2D eigenvalue weighted by Crippen LogP contribution is -2.36. The van der Waals surface area contributed by atoms with Gasteiger partial charge in [0.1, 0.15) is 0 Å². The van der Waals surface area contributed by atoms with Crippen LogP contribution in [0.4, 0.5) is 0 Å². The van der Waals surface area contributed by atoms with Crippen LogP contribution in [0.25, 0.3) is 0 Å². The standard InChI is InChI=1S/C27H46O4/c1-18(7-5-11-26(2,3)31)24-9-10-25-19(8-6-12-27(24,25)4)13-21(17-28)20-14-22(29)16-23(30)15-20/h13,18,22-25,28-31H,5-12,14-17H2,1-4H3/b19-13+/t18-,22-,23-,24-,25+,27-/m1/s1. The number of allylic oxidation sites excluding steroid dienone is 1. The first-order valence-electron chi connectivity index (χ1n) is 12.6. The number of rotatable bonds is 7. The molecular formula is C27H46O4. The molecule has 3 saturated carbocycles. The molecule has 31 heavy (non-hydrogen) atoms. The second-order valence-electron chi connectivity index (χ2n) is 11.7. The molecule has 6 atom stereocenters. The fraction of sp³-hybridized carbons (Fsp3) is 0.852. The number of hydrogen-bond acceptors (Lipinski definition) is 4. The van der Waals surface area contributed by atoms with Gasteiger partial charge in [0.05, 0.1) is 24.4 Å². The largest absolute Gasteiger partial charge is 0.393 e. The van der Waals surface area contributed by atoms with Gasteiger partial charge in [-0.2, -0.15) is 0 Å². The van der Waals surface area contributed by atoms with Crippen LogP contribution < -0.4 is 0 Å². The van der Waals surface area contributed by atoms with Gasteiger partial charge < -0.3 is 20.4 Å². The van der Waals surface area contributed by atoms with E-state index in [-0.39, 0.29) is 6.61 Å². The molecule has 0 heterocycles. The summed E-state index contributed by atoms with van der Waals surface area (Å²) in [5.41, 5.74) is 3.18. The summed E-state index contributed by atoms with van der Waals surface area (Å²) in [5, 5.41) is 40.3. The molecule has 4 heteroatoms. The van der Waals surface area contributed by atoms with Crippen molar-refractivity contribution in [3.63, 3.8) is 0 Å². The van der Waals surface area contributed by atoms with E-state index in [9.17, 15) is 20.4 Å². The Labute approximate surface area is 189 Å². The van der Waals surface area contributed by atoms with Gasteiger partial charge in [-0.15, -0.1) is 0 Å². The Kier molecular flexibility index (Phi) is 8.11. The zero-order valence-corrected chi connectivity index (χ0v) is 20.2. The second kappa shape index (κ2) is 10.1. The molecular weight excluding hydrogens is 388 g/mol. The van der Waals surface area contributed by atoms with E-state index in [0.29, 0.717) is 42.4 Å². The Bertz CT molecular complexity index is 661. The van der Waals surface area contributed by atoms with Crippen molar-refractivity contribution < 1.29 is 20.4 Å². The smallest absolute Gasteiger partial charge is 0.0681 e. The summed E-state index contributed by atoms with van der Waals surface area (Å²) in [6, 6.07) is 0. The van der Waals surface area contributed by atoms with Crippen molar-refractivity contribution >= 4 is 0 Å². The quantitative estimate of drug-likeness (QED) is 0.459. The van der Waals surface area contributed by atoms with E-state index in [0.717, 1.165) is 30.4 Å². The maximum absolute atomic E-state index is 10.1. The molecule has 3 aliphatic rings. The van der Waals surface area contributed by atoms with Gasteiger partial charge in [-0.3, -0.25) is 0 Å². The number of aliphatic hydroxyl groups excluding tert-OH is 3. The van der Waals surface area contributed by atoms with Crippen LogP contribution >= 0.6 is 0 Å². The third-order valence-corrected chi connectivity index (χ3v) is 8.67. The summed E-state index contributed by atoms with van der Waals surface area (Å²) in [6.07, 6.45) is 12.0. The summed E-state index contributed by atoms with van der Waals surface area (Å²) in [4.78, 5) is 0. The van der Waals surface area contributed by atoms with Crippen molar-refractivity contribution in [3.05, 3.63) is 22.8 Å². The van der Waals surface area contributed by atoms with E-state index in [2.05, 4.69) is 19.9 Å². The average molecular weight is 435 g/mol. The maximum atomic E-state index is 10.1. The number of aliphatic hydroxyl groups is 4. The van der Waals surface area contributed by atoms with Crippen LogP contribution in [0.1, 0.15) is 98.3 Å². The van der Waals surface area contributed by atoms with Crippen molar-refractivity contribution in [3.8, 4) is 0 Å². The third-order valence-electron chi connectivity index (χ3n) is 8.67. The molecule has 0 saturated heterocycles. The SMILES string of the molecule is C[C@H](CCCC(C)(C)O)[C@H]1CC[C@H]2/C(=C/C(CO)=C3C[C@@H](O)C[C@H](O)C3)CCC[C@]12C. The highest BCUT2D eigenvalue weighted by atomic mass is 16.3. The van der Waals surface area contributed by atoms with Crippen LogP contribution in [0.3, 0.4) is 0 Å². The monoisotopic (exact) mass is 434 g/mol. The molecule has 0 radical (unpaired) electrons. The molecule has 178 valence electrons. The predicted molar refractivity (Wildman–Crippen MR) is 126 cm³/mol. The highest BCUT2D eigenvalue weighted by Gasteiger charge is 2.50. The van der Waals surface area contributed by atoms with Gasteiger partial charge in [-0.1, -0.05) is 43.9 Å². The first-order valence-corrected chi connectivity index (χ1v) is 12.6. The number of fused-ring (bicyclic) bond motifs is 1. The Hall–Kier alpha value is -0.680. The van der Waals surface area contributed by atoms with Gasteiger partial charge in [0.2, 0.25) is 0 Å². The summed E-state index contributed by atoms with van der Waals surface area (Å²) in [5.74, 6) is 1.95. The van der Waals surface area contributed by atoms with Crippen molar-refractivity contribution in [2.75, 3.05) is 6.61 Å². The topological polar surface area (TPSA) is 80.9 Å². The molecule has 0 aliphatic heterocycles. The molecule has 0 amide bonds. The third kappa shape index (κ3) is 6.01. The van der Waals surface area contributed by atoms with Gasteiger partial charge in [0.25, 0.3) is 0 Å². The van der Waals surface area contributed by atoms with E-state index in [1.807, 2.05) is 13.8 Å². The molecule has 0 spiro atoms. The first kappa shape index (κ1) is 25.0. The molecule has 0 aromatic carbocycles. The number of hydrogen-bond donors (Lipinski definition) is 4. The minimum Gasteiger partial charge on any atom is -0.393 e. The first-order chi connectivity index (χ1) is 14.5. The highest BCUT2D eigenvalue weighted by Crippen LogP contribution is 2.60. The van der Waals surface area contributed by atoms with Crippen molar-refractivity contribution in [1.29, 1.82) is 0 Å². The molecule has 3 rings (SSSR count). The molecule has 0 bridgehead atoms. The van der Waals surface area contributed by atoms with Crippen LogP contribution in [-0.4, -0.2) is 44.8 Å². The van der Waals surface area contributed by atoms with E-state index in [1.165, 1.54) is 37.7 Å². The minimum absolute atomic E-state index is 0.0154. The molecule has 3 fully saturated rings. The fourth-order valence-corrected chi connectivity index (χ4v) is 7.12. The molecule has 0 aromatic rings. The van der Waals surface area contributed by atoms with Gasteiger partial charge >= 0.3 is 0 Å². The zero-order chi connectivity index (χ0) is 22.8. The molecule has 3 aliphatic carbocycles. The van der Waals surface area contributed by atoms with Crippen LogP contribution in [0, 0.1) is 23.2 Å².